The van der Waals surface area contributed by atoms with E-state index in [0.29, 0.717) is 25.1 Å². The summed E-state index contributed by atoms with van der Waals surface area (Å²) in [6.07, 6.45) is 7.40. The van der Waals surface area contributed by atoms with Gasteiger partial charge in [-0.15, -0.1) is 0 Å². The zero-order valence-corrected chi connectivity index (χ0v) is 15.3. The molecule has 0 saturated carbocycles. The molecule has 0 aliphatic carbocycles. The van der Waals surface area contributed by atoms with Crippen molar-refractivity contribution in [2.24, 2.45) is 5.73 Å². The third-order valence-corrected chi connectivity index (χ3v) is 5.22. The summed E-state index contributed by atoms with van der Waals surface area (Å²) in [4.78, 5) is 33.3. The summed E-state index contributed by atoms with van der Waals surface area (Å²) < 4.78 is 0. The summed E-state index contributed by atoms with van der Waals surface area (Å²) in [5.41, 5.74) is 6.03. The predicted molar refractivity (Wildman–Crippen MR) is 101 cm³/mol. The molecule has 2 aliphatic heterocycles. The summed E-state index contributed by atoms with van der Waals surface area (Å²) in [5, 5.41) is 2.90. The Morgan fingerprint density at radius 2 is 1.92 bits per heavy atom. The molecule has 2 aliphatic rings. The van der Waals surface area contributed by atoms with Gasteiger partial charge in [-0.2, -0.15) is 0 Å². The van der Waals surface area contributed by atoms with Crippen molar-refractivity contribution in [3.8, 4) is 0 Å². The van der Waals surface area contributed by atoms with Crippen molar-refractivity contribution in [2.75, 3.05) is 37.6 Å². The molecule has 0 radical (unpaired) electrons. The number of amides is 2. The molecule has 3 heterocycles. The Morgan fingerprint density at radius 1 is 1.15 bits per heavy atom. The highest BCUT2D eigenvalue weighted by molar-refractivity contribution is 5.94. The number of nitrogens with one attached hydrogen (secondary N) is 1. The maximum absolute atomic E-state index is 13.0. The van der Waals surface area contributed by atoms with Gasteiger partial charge in [-0.05, 0) is 44.2 Å². The number of anilines is 1. The average molecular weight is 359 g/mol. The van der Waals surface area contributed by atoms with Gasteiger partial charge >= 0.3 is 0 Å². The van der Waals surface area contributed by atoms with Gasteiger partial charge in [0.05, 0.1) is 5.56 Å². The lowest BCUT2D eigenvalue weighted by molar-refractivity contribution is -0.121. The Balaban J connectivity index is 1.63. The number of rotatable bonds is 6. The quantitative estimate of drug-likeness (QED) is 0.795. The number of pyridine rings is 1. The maximum atomic E-state index is 13.0. The second-order valence-corrected chi connectivity index (χ2v) is 7.09. The van der Waals surface area contributed by atoms with Crippen molar-refractivity contribution in [1.29, 1.82) is 0 Å². The number of nitrogens with two attached hydrogens (primary N) is 1. The van der Waals surface area contributed by atoms with Crippen LogP contribution < -0.4 is 16.0 Å². The fourth-order valence-electron chi connectivity index (χ4n) is 3.74. The van der Waals surface area contributed by atoms with E-state index in [-0.39, 0.29) is 17.9 Å². The number of hydrogen-bond donors (Lipinski definition) is 2. The molecule has 7 nitrogen and oxygen atoms in total. The molecule has 2 fully saturated rings. The summed E-state index contributed by atoms with van der Waals surface area (Å²) >= 11 is 0. The highest BCUT2D eigenvalue weighted by Gasteiger charge is 2.28. The normalized spacial score (nSPS) is 20.3. The molecule has 0 bridgehead atoms. The average Bonchev–Trinajstić information content (AvgIpc) is 3.21. The number of carbonyl (C=O) groups is 2. The van der Waals surface area contributed by atoms with Gasteiger partial charge in [0.2, 0.25) is 5.91 Å². The largest absolute Gasteiger partial charge is 0.357 e. The SMILES string of the molecule is NCCC(=O)NCC1CCCCN1C(=O)c1ccc(N2CCCC2)nc1. The van der Waals surface area contributed by atoms with Crippen molar-refractivity contribution in [3.63, 3.8) is 0 Å². The minimum Gasteiger partial charge on any atom is -0.357 e. The van der Waals surface area contributed by atoms with Gasteiger partial charge in [-0.1, -0.05) is 0 Å². The topological polar surface area (TPSA) is 91.6 Å². The van der Waals surface area contributed by atoms with E-state index in [1.165, 1.54) is 12.8 Å². The summed E-state index contributed by atoms with van der Waals surface area (Å²) in [5.74, 6) is 0.897. The van der Waals surface area contributed by atoms with Gasteiger partial charge in [0.1, 0.15) is 5.82 Å². The number of aromatic nitrogens is 1. The Bertz CT molecular complexity index is 613. The highest BCUT2D eigenvalue weighted by Crippen LogP contribution is 2.21. The van der Waals surface area contributed by atoms with Gasteiger partial charge in [0, 0.05) is 51.4 Å². The maximum Gasteiger partial charge on any atom is 0.255 e. The van der Waals surface area contributed by atoms with Gasteiger partial charge in [-0.3, -0.25) is 9.59 Å². The Morgan fingerprint density at radius 3 is 2.62 bits per heavy atom. The van der Waals surface area contributed by atoms with Gasteiger partial charge in [0.25, 0.3) is 5.91 Å². The first-order chi connectivity index (χ1) is 12.7. The Labute approximate surface area is 154 Å². The predicted octanol–water partition coefficient (Wildman–Crippen LogP) is 1.14. The molecule has 7 heteroatoms. The van der Waals surface area contributed by atoms with E-state index in [4.69, 9.17) is 5.73 Å². The van der Waals surface area contributed by atoms with E-state index >= 15 is 0 Å². The van der Waals surface area contributed by atoms with E-state index < -0.39 is 0 Å². The van der Waals surface area contributed by atoms with Crippen molar-refractivity contribution in [1.82, 2.24) is 15.2 Å². The van der Waals surface area contributed by atoms with E-state index in [1.807, 2.05) is 17.0 Å². The first-order valence-corrected chi connectivity index (χ1v) is 9.68. The van der Waals surface area contributed by atoms with E-state index in [2.05, 4.69) is 15.2 Å². The van der Waals surface area contributed by atoms with E-state index in [1.54, 1.807) is 6.20 Å². The second kappa shape index (κ2) is 8.98. The highest BCUT2D eigenvalue weighted by atomic mass is 16.2. The van der Waals surface area contributed by atoms with Crippen LogP contribution in [0.4, 0.5) is 5.82 Å². The molecule has 1 aromatic heterocycles. The molecular weight excluding hydrogens is 330 g/mol. The minimum absolute atomic E-state index is 0.00301. The number of hydrogen-bond acceptors (Lipinski definition) is 5. The standard InChI is InChI=1S/C19H29N5O2/c20-9-8-18(25)22-14-16-5-1-2-12-24(16)19(26)15-6-7-17(21-13-15)23-10-3-4-11-23/h6-7,13,16H,1-5,8-12,14,20H2,(H,22,25). The number of likely N-dealkylation sites (tertiary alicyclic amines) is 1. The van der Waals surface area contributed by atoms with Crippen LogP contribution in [0.15, 0.2) is 18.3 Å². The van der Waals surface area contributed by atoms with Crippen molar-refractivity contribution >= 4 is 17.6 Å². The van der Waals surface area contributed by atoms with Crippen molar-refractivity contribution in [2.45, 2.75) is 44.6 Å². The Hall–Kier alpha value is -2.15. The minimum atomic E-state index is -0.0536. The molecule has 1 atom stereocenters. The third kappa shape index (κ3) is 4.52. The molecule has 2 amide bonds. The summed E-state index contributed by atoms with van der Waals surface area (Å²) in [6.45, 7) is 3.64. The molecule has 1 aromatic rings. The van der Waals surface area contributed by atoms with Crippen LogP contribution in [-0.4, -0.2) is 60.5 Å². The molecule has 0 aromatic carbocycles. The lowest BCUT2D eigenvalue weighted by Crippen LogP contribution is -2.49. The second-order valence-electron chi connectivity index (χ2n) is 7.09. The molecule has 1 unspecified atom stereocenters. The van der Waals surface area contributed by atoms with Crippen LogP contribution in [-0.2, 0) is 4.79 Å². The van der Waals surface area contributed by atoms with Gasteiger partial charge in [0.15, 0.2) is 0 Å². The van der Waals surface area contributed by atoms with Crippen LogP contribution >= 0.6 is 0 Å². The first kappa shape index (κ1) is 18.6. The lowest BCUT2D eigenvalue weighted by atomic mass is 10.0. The first-order valence-electron chi connectivity index (χ1n) is 9.68. The van der Waals surface area contributed by atoms with Gasteiger partial charge in [-0.25, -0.2) is 4.98 Å². The molecular formula is C19H29N5O2. The zero-order valence-electron chi connectivity index (χ0n) is 15.3. The Kier molecular flexibility index (Phi) is 6.44. The number of piperidine rings is 1. The van der Waals surface area contributed by atoms with Crippen LogP contribution in [0.2, 0.25) is 0 Å². The molecule has 0 spiro atoms. The van der Waals surface area contributed by atoms with E-state index in [9.17, 15) is 9.59 Å². The molecule has 2 saturated heterocycles. The van der Waals surface area contributed by atoms with Crippen LogP contribution in [0.5, 0.6) is 0 Å². The van der Waals surface area contributed by atoms with Crippen LogP contribution in [0.25, 0.3) is 0 Å². The van der Waals surface area contributed by atoms with E-state index in [0.717, 1.165) is 44.7 Å². The summed E-state index contributed by atoms with van der Waals surface area (Å²) in [6, 6.07) is 3.86. The third-order valence-electron chi connectivity index (χ3n) is 5.22. The molecule has 142 valence electrons. The lowest BCUT2D eigenvalue weighted by Gasteiger charge is -2.36. The fourth-order valence-corrected chi connectivity index (χ4v) is 3.74. The monoisotopic (exact) mass is 359 g/mol. The number of carbonyl (C=O) groups excluding carboxylic acids is 2. The van der Waals surface area contributed by atoms with Crippen molar-refractivity contribution < 1.29 is 9.59 Å². The van der Waals surface area contributed by atoms with Gasteiger partial charge < -0.3 is 20.9 Å². The fraction of sp³-hybridized carbons (Fsp3) is 0.632. The van der Waals surface area contributed by atoms with Crippen molar-refractivity contribution in [3.05, 3.63) is 23.9 Å². The smallest absolute Gasteiger partial charge is 0.255 e. The summed E-state index contributed by atoms with van der Waals surface area (Å²) in [7, 11) is 0. The van der Waals surface area contributed by atoms with Crippen LogP contribution in [0, 0.1) is 0 Å². The molecule has 26 heavy (non-hydrogen) atoms. The molecule has 3 rings (SSSR count). The van der Waals surface area contributed by atoms with Crippen LogP contribution in [0.3, 0.4) is 0 Å². The molecule has 3 N–H and O–H groups in total. The zero-order chi connectivity index (χ0) is 18.4. The number of nitrogens with zero attached hydrogens (tertiary/aromatic N) is 3. The van der Waals surface area contributed by atoms with Crippen LogP contribution in [0.1, 0.15) is 48.9 Å².